The third-order valence-corrected chi connectivity index (χ3v) is 4.99. The summed E-state index contributed by atoms with van der Waals surface area (Å²) < 4.78 is 16.1. The molecule has 176 valence electrons. The zero-order valence-corrected chi connectivity index (χ0v) is 19.6. The Morgan fingerprint density at radius 3 is 2.15 bits per heavy atom. The highest BCUT2D eigenvalue weighted by atomic mass is 32.1. The van der Waals surface area contributed by atoms with E-state index in [4.69, 9.17) is 26.4 Å². The van der Waals surface area contributed by atoms with Crippen LogP contribution in [0.15, 0.2) is 72.8 Å². The number of hydrogen-bond donors (Lipinski definition) is 3. The van der Waals surface area contributed by atoms with Crippen molar-refractivity contribution in [2.75, 3.05) is 20.8 Å². The van der Waals surface area contributed by atoms with Crippen LogP contribution in [0.3, 0.4) is 0 Å². The average Bonchev–Trinajstić information content (AvgIpc) is 2.87. The van der Waals surface area contributed by atoms with Crippen LogP contribution in [0.5, 0.6) is 17.2 Å². The van der Waals surface area contributed by atoms with Crippen LogP contribution in [-0.4, -0.2) is 37.8 Å². The van der Waals surface area contributed by atoms with Gasteiger partial charge in [-0.3, -0.25) is 25.8 Å². The first kappa shape index (κ1) is 24.5. The molecule has 0 radical (unpaired) electrons. The van der Waals surface area contributed by atoms with Gasteiger partial charge in [-0.05, 0) is 60.2 Å². The predicted molar refractivity (Wildman–Crippen MR) is 132 cm³/mol. The summed E-state index contributed by atoms with van der Waals surface area (Å²) in [5, 5.41) is 2.46. The van der Waals surface area contributed by atoms with Crippen molar-refractivity contribution in [3.05, 3.63) is 89.5 Å². The number of rotatable bonds is 8. The SMILES string of the molecule is COc1ccc(C(=O)NNC(=S)NC(=O)c2ccc(OCCc3ccccc3)cc2)cc1OC. The minimum atomic E-state index is -0.463. The Bertz CT molecular complexity index is 1140. The normalized spacial score (nSPS) is 10.1. The number of hydrogen-bond acceptors (Lipinski definition) is 6. The van der Waals surface area contributed by atoms with Gasteiger partial charge in [-0.2, -0.15) is 0 Å². The second kappa shape index (κ2) is 12.2. The van der Waals surface area contributed by atoms with Crippen molar-refractivity contribution < 1.29 is 23.8 Å². The van der Waals surface area contributed by atoms with Crippen LogP contribution in [-0.2, 0) is 6.42 Å². The van der Waals surface area contributed by atoms with Crippen LogP contribution >= 0.6 is 12.2 Å². The van der Waals surface area contributed by atoms with Crippen molar-refractivity contribution in [3.8, 4) is 17.2 Å². The van der Waals surface area contributed by atoms with Crippen molar-refractivity contribution in [1.82, 2.24) is 16.2 Å². The molecule has 0 atom stereocenters. The number of amides is 2. The summed E-state index contributed by atoms with van der Waals surface area (Å²) in [6.07, 6.45) is 0.790. The molecule has 3 aromatic carbocycles. The second-order valence-electron chi connectivity index (χ2n) is 7.04. The van der Waals surface area contributed by atoms with E-state index in [0.29, 0.717) is 35.0 Å². The molecule has 3 aromatic rings. The fraction of sp³-hybridized carbons (Fsp3) is 0.160. The Labute approximate surface area is 203 Å². The number of hydrazine groups is 1. The van der Waals surface area contributed by atoms with Gasteiger partial charge in [0, 0.05) is 17.5 Å². The molecule has 0 bridgehead atoms. The van der Waals surface area contributed by atoms with Gasteiger partial charge in [-0.25, -0.2) is 0 Å². The van der Waals surface area contributed by atoms with E-state index in [2.05, 4.69) is 16.2 Å². The van der Waals surface area contributed by atoms with Gasteiger partial charge < -0.3 is 14.2 Å². The maximum Gasteiger partial charge on any atom is 0.269 e. The summed E-state index contributed by atoms with van der Waals surface area (Å²) in [5.74, 6) is 0.694. The van der Waals surface area contributed by atoms with Crippen molar-refractivity contribution in [2.45, 2.75) is 6.42 Å². The molecule has 0 unspecified atom stereocenters. The zero-order valence-electron chi connectivity index (χ0n) is 18.8. The first-order valence-corrected chi connectivity index (χ1v) is 10.8. The number of benzene rings is 3. The standard InChI is InChI=1S/C25H25N3O5S/c1-31-21-13-10-19(16-22(21)32-2)24(30)27-28-25(34)26-23(29)18-8-11-20(12-9-18)33-15-14-17-6-4-3-5-7-17/h3-13,16H,14-15H2,1-2H3,(H,27,30)(H2,26,28,29,34). The van der Waals surface area contributed by atoms with Crippen LogP contribution in [0.25, 0.3) is 0 Å². The highest BCUT2D eigenvalue weighted by Gasteiger charge is 2.12. The molecule has 0 aliphatic heterocycles. The lowest BCUT2D eigenvalue weighted by Crippen LogP contribution is -2.48. The van der Waals surface area contributed by atoms with Crippen LogP contribution in [0.2, 0.25) is 0 Å². The zero-order chi connectivity index (χ0) is 24.3. The van der Waals surface area contributed by atoms with E-state index in [1.807, 2.05) is 30.3 Å². The monoisotopic (exact) mass is 479 g/mol. The number of methoxy groups -OCH3 is 2. The number of carbonyl (C=O) groups excluding carboxylic acids is 2. The van der Waals surface area contributed by atoms with E-state index in [9.17, 15) is 9.59 Å². The molecule has 2 amide bonds. The molecular weight excluding hydrogens is 454 g/mol. The first-order chi connectivity index (χ1) is 16.5. The van der Waals surface area contributed by atoms with Crippen LogP contribution in [0, 0.1) is 0 Å². The number of thiocarbonyl (C=S) groups is 1. The Morgan fingerprint density at radius 1 is 0.794 bits per heavy atom. The first-order valence-electron chi connectivity index (χ1n) is 10.4. The summed E-state index contributed by atoms with van der Waals surface area (Å²) in [7, 11) is 2.98. The molecule has 0 saturated heterocycles. The van der Waals surface area contributed by atoms with Crippen molar-refractivity contribution in [3.63, 3.8) is 0 Å². The van der Waals surface area contributed by atoms with E-state index in [0.717, 1.165) is 6.42 Å². The summed E-state index contributed by atoms with van der Waals surface area (Å²) in [5.41, 5.74) is 6.84. The maximum absolute atomic E-state index is 12.4. The highest BCUT2D eigenvalue weighted by molar-refractivity contribution is 7.80. The lowest BCUT2D eigenvalue weighted by Gasteiger charge is -2.12. The van der Waals surface area contributed by atoms with Gasteiger partial charge in [0.2, 0.25) is 0 Å². The quantitative estimate of drug-likeness (QED) is 0.337. The summed E-state index contributed by atoms with van der Waals surface area (Å²) in [4.78, 5) is 24.7. The van der Waals surface area contributed by atoms with Gasteiger partial charge in [-0.1, -0.05) is 30.3 Å². The van der Waals surface area contributed by atoms with E-state index in [1.165, 1.54) is 25.8 Å². The van der Waals surface area contributed by atoms with Gasteiger partial charge in [0.25, 0.3) is 11.8 Å². The predicted octanol–water partition coefficient (Wildman–Crippen LogP) is 3.27. The van der Waals surface area contributed by atoms with E-state index < -0.39 is 11.8 Å². The second-order valence-corrected chi connectivity index (χ2v) is 7.45. The summed E-state index contributed by atoms with van der Waals surface area (Å²) in [6, 6.07) is 21.5. The molecule has 0 aromatic heterocycles. The molecule has 34 heavy (non-hydrogen) atoms. The van der Waals surface area contributed by atoms with Gasteiger partial charge >= 0.3 is 0 Å². The van der Waals surface area contributed by atoms with Gasteiger partial charge in [0.1, 0.15) is 5.75 Å². The number of nitrogens with one attached hydrogen (secondary N) is 3. The van der Waals surface area contributed by atoms with E-state index in [-0.39, 0.29) is 5.11 Å². The van der Waals surface area contributed by atoms with Gasteiger partial charge in [0.05, 0.1) is 20.8 Å². The smallest absolute Gasteiger partial charge is 0.269 e. The van der Waals surface area contributed by atoms with Crippen molar-refractivity contribution >= 4 is 29.1 Å². The fourth-order valence-corrected chi connectivity index (χ4v) is 3.15. The van der Waals surface area contributed by atoms with Crippen molar-refractivity contribution in [1.29, 1.82) is 0 Å². The molecule has 0 spiro atoms. The lowest BCUT2D eigenvalue weighted by atomic mass is 10.2. The third kappa shape index (κ3) is 6.94. The van der Waals surface area contributed by atoms with Gasteiger partial charge in [0.15, 0.2) is 16.6 Å². The highest BCUT2D eigenvalue weighted by Crippen LogP contribution is 2.27. The molecule has 0 aliphatic carbocycles. The summed E-state index contributed by atoms with van der Waals surface area (Å²) in [6.45, 7) is 0.531. The number of ether oxygens (including phenoxy) is 3. The lowest BCUT2D eigenvalue weighted by molar-refractivity contribution is 0.0934. The molecular formula is C25H25N3O5S. The molecule has 0 saturated carbocycles. The maximum atomic E-state index is 12.4. The molecule has 0 fully saturated rings. The Hall–Kier alpha value is -4.11. The van der Waals surface area contributed by atoms with E-state index >= 15 is 0 Å². The fourth-order valence-electron chi connectivity index (χ4n) is 3.00. The van der Waals surface area contributed by atoms with Crippen LogP contribution in [0.1, 0.15) is 26.3 Å². The molecule has 3 rings (SSSR count). The summed E-state index contributed by atoms with van der Waals surface area (Å²) >= 11 is 5.09. The van der Waals surface area contributed by atoms with Crippen LogP contribution in [0.4, 0.5) is 0 Å². The largest absolute Gasteiger partial charge is 0.493 e. The third-order valence-electron chi connectivity index (χ3n) is 4.78. The molecule has 0 heterocycles. The average molecular weight is 480 g/mol. The molecule has 9 heteroatoms. The Kier molecular flexibility index (Phi) is 8.81. The topological polar surface area (TPSA) is 97.9 Å². The number of carbonyl (C=O) groups is 2. The molecule has 8 nitrogen and oxygen atoms in total. The Morgan fingerprint density at radius 2 is 1.47 bits per heavy atom. The van der Waals surface area contributed by atoms with Crippen molar-refractivity contribution in [2.24, 2.45) is 0 Å². The minimum Gasteiger partial charge on any atom is -0.493 e. The molecule has 3 N–H and O–H groups in total. The van der Waals surface area contributed by atoms with Gasteiger partial charge in [-0.15, -0.1) is 0 Å². The van der Waals surface area contributed by atoms with E-state index in [1.54, 1.807) is 36.4 Å². The minimum absolute atomic E-state index is 0.0537. The molecule has 0 aliphatic rings. The van der Waals surface area contributed by atoms with Crippen LogP contribution < -0.4 is 30.4 Å². The Balaban J connectivity index is 1.45.